The van der Waals surface area contributed by atoms with Crippen LogP contribution in [0.5, 0.6) is 0 Å². The first-order valence-electron chi connectivity index (χ1n) is 17.7. The molecule has 0 spiro atoms. The van der Waals surface area contributed by atoms with E-state index in [-0.39, 0.29) is 5.91 Å². The fraction of sp³-hybridized carbons (Fsp3) is 0.806. The zero-order valence-corrected chi connectivity index (χ0v) is 28.6. The van der Waals surface area contributed by atoms with E-state index in [0.29, 0.717) is 12.8 Å². The average molecular weight is 626 g/mol. The van der Waals surface area contributed by atoms with Crippen LogP contribution in [0.4, 0.5) is 0 Å². The van der Waals surface area contributed by atoms with Crippen molar-refractivity contribution in [2.45, 2.75) is 180 Å². The summed E-state index contributed by atoms with van der Waals surface area (Å²) in [6.07, 6.45) is 38.5. The number of hydrogen-bond donors (Lipinski definition) is 3. The van der Waals surface area contributed by atoms with Crippen molar-refractivity contribution in [2.75, 3.05) is 5.75 Å². The topological polar surface area (TPSA) is 104 Å². The molecule has 252 valence electrons. The van der Waals surface area contributed by atoms with Crippen molar-refractivity contribution in [1.82, 2.24) is 5.32 Å². The summed E-state index contributed by atoms with van der Waals surface area (Å²) in [4.78, 5) is 12.4. The molecule has 1 amide bonds. The van der Waals surface area contributed by atoms with Crippen molar-refractivity contribution in [3.63, 3.8) is 0 Å². The quantitative estimate of drug-likeness (QED) is 0.0404. The number of carbonyl (C=O) groups is 1. The van der Waals surface area contributed by atoms with Crippen molar-refractivity contribution in [3.8, 4) is 0 Å². The highest BCUT2D eigenvalue weighted by molar-refractivity contribution is 7.85. The largest absolute Gasteiger partial charge is 0.391 e. The highest BCUT2D eigenvalue weighted by atomic mass is 32.2. The lowest BCUT2D eigenvalue weighted by atomic mass is 10.0. The van der Waals surface area contributed by atoms with Crippen LogP contribution in [0.3, 0.4) is 0 Å². The molecule has 0 aliphatic heterocycles. The fourth-order valence-electron chi connectivity index (χ4n) is 5.16. The van der Waals surface area contributed by atoms with Gasteiger partial charge in [0.2, 0.25) is 5.91 Å². The summed E-state index contributed by atoms with van der Waals surface area (Å²) in [5.74, 6) is -0.915. The predicted molar refractivity (Wildman–Crippen MR) is 184 cm³/mol. The molecule has 0 fully saturated rings. The molecular weight excluding hydrogens is 558 g/mol. The summed E-state index contributed by atoms with van der Waals surface area (Å²) in [5, 5.41) is 13.1. The molecule has 3 N–H and O–H groups in total. The molecule has 0 saturated heterocycles. The first kappa shape index (κ1) is 41.6. The minimum Gasteiger partial charge on any atom is -0.391 e. The summed E-state index contributed by atoms with van der Waals surface area (Å²) < 4.78 is 32.1. The van der Waals surface area contributed by atoms with Crippen LogP contribution in [-0.2, 0) is 14.9 Å². The molecule has 0 aliphatic carbocycles. The van der Waals surface area contributed by atoms with Crippen LogP contribution in [-0.4, -0.2) is 41.9 Å². The van der Waals surface area contributed by atoms with E-state index in [0.717, 1.165) is 77.0 Å². The Morgan fingerprint density at radius 3 is 1.53 bits per heavy atom. The molecule has 0 aromatic rings. The van der Waals surface area contributed by atoms with Crippen molar-refractivity contribution < 1.29 is 22.9 Å². The molecule has 7 heteroatoms. The number of rotatable bonds is 31. The third kappa shape index (κ3) is 31.8. The standard InChI is InChI=1S/C36H67NO5S/c1-3-5-7-9-10-11-12-13-14-15-16-17-18-19-20-21-22-23-24-25-26-28-30-32-36(39)37-34(33-43(40,41)42)35(38)31-29-27-8-6-4-2/h12-13,15-16,18-19,34-35,38H,3-11,14,17,20-33H2,1-2H3,(H,37,39)(H,40,41,42)/b13-12-,16-15-,19-18-. The number of aliphatic hydroxyl groups excluding tert-OH is 1. The number of allylic oxidation sites excluding steroid dienone is 6. The van der Waals surface area contributed by atoms with E-state index >= 15 is 0 Å². The highest BCUT2D eigenvalue weighted by Crippen LogP contribution is 2.13. The van der Waals surface area contributed by atoms with Gasteiger partial charge in [0.15, 0.2) is 0 Å². The van der Waals surface area contributed by atoms with Gasteiger partial charge in [0, 0.05) is 6.42 Å². The Morgan fingerprint density at radius 2 is 1.05 bits per heavy atom. The van der Waals surface area contributed by atoms with Gasteiger partial charge in [0.05, 0.1) is 17.9 Å². The van der Waals surface area contributed by atoms with Crippen molar-refractivity contribution >= 4 is 16.0 Å². The SMILES string of the molecule is CCCCCCC/C=C\C/C=C\C/C=C\CCCCCCCCCCC(=O)NC(CS(=O)(=O)O)C(O)CCCCCCC. The van der Waals surface area contributed by atoms with Gasteiger partial charge in [-0.05, 0) is 51.4 Å². The lowest BCUT2D eigenvalue weighted by Crippen LogP contribution is -2.47. The zero-order valence-electron chi connectivity index (χ0n) is 27.8. The molecule has 6 nitrogen and oxygen atoms in total. The molecule has 0 bridgehead atoms. The lowest BCUT2D eigenvalue weighted by molar-refractivity contribution is -0.122. The Kier molecular flexibility index (Phi) is 29.6. The normalized spacial score (nSPS) is 13.9. The number of hydrogen-bond acceptors (Lipinski definition) is 4. The minimum absolute atomic E-state index is 0.262. The maximum atomic E-state index is 12.4. The van der Waals surface area contributed by atoms with Gasteiger partial charge in [0.1, 0.15) is 0 Å². The van der Waals surface area contributed by atoms with Crippen LogP contribution in [0.15, 0.2) is 36.5 Å². The first-order chi connectivity index (χ1) is 20.8. The number of carbonyl (C=O) groups excluding carboxylic acids is 1. The van der Waals surface area contributed by atoms with Crippen LogP contribution < -0.4 is 5.32 Å². The highest BCUT2D eigenvalue weighted by Gasteiger charge is 2.26. The molecular formula is C36H67NO5S. The summed E-state index contributed by atoms with van der Waals surface area (Å²) >= 11 is 0. The molecule has 43 heavy (non-hydrogen) atoms. The molecule has 0 aromatic heterocycles. The van der Waals surface area contributed by atoms with Gasteiger partial charge in [-0.2, -0.15) is 8.42 Å². The second-order valence-electron chi connectivity index (χ2n) is 12.1. The molecule has 2 atom stereocenters. The Balaban J connectivity index is 3.77. The van der Waals surface area contributed by atoms with Gasteiger partial charge in [-0.25, -0.2) is 0 Å². The lowest BCUT2D eigenvalue weighted by Gasteiger charge is -2.23. The molecule has 0 heterocycles. The zero-order chi connectivity index (χ0) is 31.9. The van der Waals surface area contributed by atoms with Crippen LogP contribution >= 0.6 is 0 Å². The maximum absolute atomic E-state index is 12.4. The van der Waals surface area contributed by atoms with Gasteiger partial charge in [-0.1, -0.05) is 147 Å². The number of unbranched alkanes of at least 4 members (excludes halogenated alkanes) is 17. The minimum atomic E-state index is -4.29. The van der Waals surface area contributed by atoms with Gasteiger partial charge >= 0.3 is 0 Å². The van der Waals surface area contributed by atoms with E-state index in [9.17, 15) is 22.9 Å². The molecule has 2 unspecified atom stereocenters. The molecule has 0 saturated carbocycles. The van der Waals surface area contributed by atoms with Crippen molar-refractivity contribution in [1.29, 1.82) is 0 Å². The van der Waals surface area contributed by atoms with E-state index < -0.39 is 28.0 Å². The summed E-state index contributed by atoms with van der Waals surface area (Å²) in [6, 6.07) is -0.970. The van der Waals surface area contributed by atoms with E-state index in [2.05, 4.69) is 55.6 Å². The first-order valence-corrected chi connectivity index (χ1v) is 19.3. The Bertz CT molecular complexity index is 821. The summed E-state index contributed by atoms with van der Waals surface area (Å²) in [6.45, 7) is 4.39. The van der Waals surface area contributed by atoms with E-state index in [1.165, 1.54) is 64.2 Å². The maximum Gasteiger partial charge on any atom is 0.266 e. The smallest absolute Gasteiger partial charge is 0.266 e. The number of amides is 1. The second-order valence-corrected chi connectivity index (χ2v) is 13.6. The van der Waals surface area contributed by atoms with Crippen molar-refractivity contribution in [2.24, 2.45) is 0 Å². The number of nitrogens with one attached hydrogen (secondary N) is 1. The van der Waals surface area contributed by atoms with Gasteiger partial charge < -0.3 is 10.4 Å². The van der Waals surface area contributed by atoms with Crippen molar-refractivity contribution in [3.05, 3.63) is 36.5 Å². The Labute approximate surface area is 266 Å². The monoisotopic (exact) mass is 625 g/mol. The number of aliphatic hydroxyl groups is 1. The third-order valence-electron chi connectivity index (χ3n) is 7.85. The fourth-order valence-corrected chi connectivity index (χ4v) is 5.92. The van der Waals surface area contributed by atoms with Gasteiger partial charge in [-0.3, -0.25) is 9.35 Å². The predicted octanol–water partition coefficient (Wildman–Crippen LogP) is 9.79. The van der Waals surface area contributed by atoms with Crippen LogP contribution in [0, 0.1) is 0 Å². The van der Waals surface area contributed by atoms with E-state index in [4.69, 9.17) is 0 Å². The molecule has 0 rings (SSSR count). The van der Waals surface area contributed by atoms with Crippen LogP contribution in [0.25, 0.3) is 0 Å². The van der Waals surface area contributed by atoms with Gasteiger partial charge in [-0.15, -0.1) is 0 Å². The second kappa shape index (κ2) is 30.6. The van der Waals surface area contributed by atoms with Crippen LogP contribution in [0.1, 0.15) is 168 Å². The Hall–Kier alpha value is -1.44. The molecule has 0 aromatic carbocycles. The van der Waals surface area contributed by atoms with Gasteiger partial charge in [0.25, 0.3) is 10.1 Å². The third-order valence-corrected chi connectivity index (χ3v) is 8.63. The molecule has 0 radical (unpaired) electrons. The van der Waals surface area contributed by atoms with E-state index in [1.54, 1.807) is 0 Å². The average Bonchev–Trinajstić information content (AvgIpc) is 2.96. The Morgan fingerprint density at radius 1 is 0.628 bits per heavy atom. The summed E-state index contributed by atoms with van der Waals surface area (Å²) in [7, 11) is -4.29. The molecule has 0 aliphatic rings. The van der Waals surface area contributed by atoms with E-state index in [1.807, 2.05) is 0 Å². The summed E-state index contributed by atoms with van der Waals surface area (Å²) in [5.41, 5.74) is 0. The van der Waals surface area contributed by atoms with Crippen LogP contribution in [0.2, 0.25) is 0 Å².